The number of fused-ring (bicyclic) bond motifs is 2. The molecule has 6 rings (SSSR count). The van der Waals surface area contributed by atoms with Crippen LogP contribution >= 0.6 is 23.3 Å². The highest BCUT2D eigenvalue weighted by atomic mass is 32.2. The Morgan fingerprint density at radius 1 is 0.970 bits per heavy atom. The van der Waals surface area contributed by atoms with E-state index in [0.29, 0.717) is 28.0 Å². The SMILES string of the molecule is CCON=C(C(=O)NC1C(=O)N2C(C(=O)OCc3ccc(OC)cc3)=C(C[n+]3cccc4c3ncn4CC(=O)NCCNC(=O)OC(C)(C)C)CSC12)c1nsc(NC(=O)OC(C)(C)C)n1. The normalized spacial score (nSPS) is 16.2. The number of pyridine rings is 1. The molecule has 24 heteroatoms. The fraction of sp³-hybridized carbons (Fsp3) is 0.452. The molecule has 2 aliphatic heterocycles. The van der Waals surface area contributed by atoms with Crippen molar-refractivity contribution in [2.75, 3.05) is 37.9 Å². The van der Waals surface area contributed by atoms with Gasteiger partial charge in [0.15, 0.2) is 0 Å². The van der Waals surface area contributed by atoms with Crippen LogP contribution < -0.4 is 30.6 Å². The maximum absolute atomic E-state index is 14.1. The lowest BCUT2D eigenvalue weighted by Gasteiger charge is -2.49. The zero-order valence-electron chi connectivity index (χ0n) is 37.7. The molecule has 0 saturated carbocycles. The molecule has 1 saturated heterocycles. The molecule has 66 heavy (non-hydrogen) atoms. The van der Waals surface area contributed by atoms with Crippen LogP contribution in [0, 0.1) is 0 Å². The number of carbonyl (C=O) groups excluding carboxylic acids is 6. The van der Waals surface area contributed by atoms with Crippen molar-refractivity contribution < 1.29 is 57.1 Å². The van der Waals surface area contributed by atoms with Gasteiger partial charge in [-0.3, -0.25) is 29.2 Å². The van der Waals surface area contributed by atoms with Crippen molar-refractivity contribution >= 4 is 81.2 Å². The minimum absolute atomic E-state index is 0.0216. The number of methoxy groups -OCH3 is 1. The van der Waals surface area contributed by atoms with Crippen LogP contribution in [0.1, 0.15) is 59.9 Å². The van der Waals surface area contributed by atoms with E-state index in [2.05, 4.69) is 40.8 Å². The van der Waals surface area contributed by atoms with Gasteiger partial charge in [-0.15, -0.1) is 11.8 Å². The lowest BCUT2D eigenvalue weighted by Crippen LogP contribution is -2.71. The van der Waals surface area contributed by atoms with Crippen LogP contribution in [0.4, 0.5) is 14.7 Å². The number of ether oxygens (including phenoxy) is 4. The number of rotatable bonds is 17. The van der Waals surface area contributed by atoms with E-state index in [0.717, 1.165) is 11.5 Å². The first-order valence-electron chi connectivity index (χ1n) is 20.7. The minimum Gasteiger partial charge on any atom is -0.497 e. The summed E-state index contributed by atoms with van der Waals surface area (Å²) in [5.41, 5.74) is 0.617. The van der Waals surface area contributed by atoms with Crippen molar-refractivity contribution in [1.29, 1.82) is 0 Å². The first-order valence-corrected chi connectivity index (χ1v) is 22.5. The van der Waals surface area contributed by atoms with Crippen LogP contribution in [-0.2, 0) is 57.9 Å². The molecule has 2 atom stereocenters. The lowest BCUT2D eigenvalue weighted by molar-refractivity contribution is -0.664. The Kier molecular flexibility index (Phi) is 15.5. The molecule has 0 aliphatic carbocycles. The van der Waals surface area contributed by atoms with E-state index in [1.54, 1.807) is 107 Å². The van der Waals surface area contributed by atoms with Crippen LogP contribution in [0.25, 0.3) is 11.2 Å². The lowest BCUT2D eigenvalue weighted by atomic mass is 10.0. The number of imidazole rings is 1. The number of aromatic nitrogens is 5. The fourth-order valence-electron chi connectivity index (χ4n) is 6.45. The van der Waals surface area contributed by atoms with Gasteiger partial charge in [0.25, 0.3) is 11.8 Å². The molecule has 0 bridgehead atoms. The predicted molar refractivity (Wildman–Crippen MR) is 240 cm³/mol. The fourth-order valence-corrected chi connectivity index (χ4v) is 8.34. The molecule has 1 aromatic carbocycles. The molecule has 2 unspecified atom stereocenters. The highest BCUT2D eigenvalue weighted by molar-refractivity contribution is 8.00. The van der Waals surface area contributed by atoms with E-state index in [1.807, 2.05) is 0 Å². The standard InChI is InChI=1S/C42H51N11O11S2/c1-9-62-49-29(32-47-38(66-50-32)48-40(59)64-42(5,6)7)34(55)46-30-35(56)53-31(37(57)61-21-24-12-14-26(60-8)15-13-24)25(22-65-36(30)53)19-51-18-10-11-27-33(51)45-23-52(27)20-28(54)43-16-17-44-39(58)63-41(2,3)4/h10-15,18,23,30,36H,9,16-17,19-22H2,1-8H3,(H3-,43,44,46,47,48,50,54,55,58,59)/p+1. The number of benzene rings is 1. The molecule has 4 aromatic rings. The quantitative estimate of drug-likeness (QED) is 0.0226. The van der Waals surface area contributed by atoms with Gasteiger partial charge in [0.2, 0.25) is 28.9 Å². The number of esters is 1. The number of amides is 5. The van der Waals surface area contributed by atoms with Crippen LogP contribution in [0.2, 0.25) is 0 Å². The maximum atomic E-state index is 14.1. The van der Waals surface area contributed by atoms with Gasteiger partial charge in [0, 0.05) is 35.9 Å². The van der Waals surface area contributed by atoms with Gasteiger partial charge < -0.3 is 39.7 Å². The number of hydrogen-bond donors (Lipinski definition) is 4. The zero-order valence-corrected chi connectivity index (χ0v) is 39.3. The van der Waals surface area contributed by atoms with E-state index in [9.17, 15) is 28.8 Å². The van der Waals surface area contributed by atoms with Gasteiger partial charge in [-0.05, 0) is 83.3 Å². The second-order valence-corrected chi connectivity index (χ2v) is 18.5. The van der Waals surface area contributed by atoms with Gasteiger partial charge in [0.05, 0.1) is 13.3 Å². The van der Waals surface area contributed by atoms with Crippen molar-refractivity contribution in [1.82, 2.24) is 39.8 Å². The number of nitrogens with one attached hydrogen (secondary N) is 4. The number of anilines is 1. The summed E-state index contributed by atoms with van der Waals surface area (Å²) in [7, 11) is 1.54. The summed E-state index contributed by atoms with van der Waals surface area (Å²) in [6, 6.07) is 9.47. The summed E-state index contributed by atoms with van der Waals surface area (Å²) in [6.07, 6.45) is 1.94. The Hall–Kier alpha value is -6.82. The van der Waals surface area contributed by atoms with Crippen molar-refractivity contribution in [2.24, 2.45) is 5.16 Å². The number of carbonyl (C=O) groups is 6. The zero-order chi connectivity index (χ0) is 47.8. The number of alkyl carbamates (subject to hydrolysis) is 1. The summed E-state index contributed by atoms with van der Waals surface area (Å²) >= 11 is 2.12. The second kappa shape index (κ2) is 21.0. The van der Waals surface area contributed by atoms with Gasteiger partial charge in [-0.1, -0.05) is 17.3 Å². The first-order chi connectivity index (χ1) is 31.3. The van der Waals surface area contributed by atoms with Crippen LogP contribution in [0.15, 0.2) is 65.3 Å². The van der Waals surface area contributed by atoms with Crippen LogP contribution in [0.3, 0.4) is 0 Å². The summed E-state index contributed by atoms with van der Waals surface area (Å²) in [5.74, 6) is -1.76. The van der Waals surface area contributed by atoms with Crippen molar-refractivity contribution in [3.05, 3.63) is 71.6 Å². The summed E-state index contributed by atoms with van der Waals surface area (Å²) in [6.45, 7) is 12.4. The molecule has 0 radical (unpaired) electrons. The van der Waals surface area contributed by atoms with Crippen molar-refractivity contribution in [2.45, 2.75) is 90.8 Å². The Bertz CT molecular complexity index is 2530. The Morgan fingerprint density at radius 3 is 2.38 bits per heavy atom. The molecule has 22 nitrogen and oxygen atoms in total. The molecule has 4 N–H and O–H groups in total. The monoisotopic (exact) mass is 950 g/mol. The average Bonchev–Trinajstić information content (AvgIpc) is 3.89. The molecule has 1 fully saturated rings. The predicted octanol–water partition coefficient (Wildman–Crippen LogP) is 3.01. The topological polar surface area (TPSA) is 260 Å². The number of nitrogens with zero attached hydrogens (tertiary/aromatic N) is 7. The number of hydrogen-bond acceptors (Lipinski definition) is 17. The van der Waals surface area contributed by atoms with Crippen LogP contribution in [-0.4, -0.2) is 121 Å². The van der Waals surface area contributed by atoms with Gasteiger partial charge >= 0.3 is 23.8 Å². The van der Waals surface area contributed by atoms with E-state index < -0.39 is 52.6 Å². The molecule has 0 spiro atoms. The Morgan fingerprint density at radius 2 is 1.68 bits per heavy atom. The van der Waals surface area contributed by atoms with Crippen LogP contribution in [0.5, 0.6) is 5.75 Å². The minimum atomic E-state index is -1.09. The van der Waals surface area contributed by atoms with E-state index in [1.165, 1.54) is 23.0 Å². The third-order valence-corrected chi connectivity index (χ3v) is 11.2. The summed E-state index contributed by atoms with van der Waals surface area (Å²) < 4.78 is 29.2. The number of oxime groups is 1. The first kappa shape index (κ1) is 48.6. The third kappa shape index (κ3) is 12.5. The third-order valence-electron chi connectivity index (χ3n) is 9.24. The molecule has 5 amide bonds. The number of thioether (sulfide) groups is 1. The van der Waals surface area contributed by atoms with Crippen molar-refractivity contribution in [3.8, 4) is 5.75 Å². The van der Waals surface area contributed by atoms with Crippen molar-refractivity contribution in [3.63, 3.8) is 0 Å². The second-order valence-electron chi connectivity index (χ2n) is 16.6. The average molecular weight is 951 g/mol. The van der Waals surface area contributed by atoms with E-state index in [-0.39, 0.29) is 73.4 Å². The Balaban J connectivity index is 1.19. The van der Waals surface area contributed by atoms with E-state index in [4.69, 9.17) is 23.8 Å². The highest BCUT2D eigenvalue weighted by Gasteiger charge is 2.55. The smallest absolute Gasteiger partial charge is 0.414 e. The summed E-state index contributed by atoms with van der Waals surface area (Å²) in [5, 5.41) is 13.8. The van der Waals surface area contributed by atoms with E-state index >= 15 is 0 Å². The van der Waals surface area contributed by atoms with Gasteiger partial charge in [-0.2, -0.15) is 9.36 Å². The Labute approximate surface area is 388 Å². The number of β-lactam (4-membered cyclic amide) rings is 1. The molecular weight excluding hydrogens is 899 g/mol. The highest BCUT2D eigenvalue weighted by Crippen LogP contribution is 2.41. The van der Waals surface area contributed by atoms with Gasteiger partial charge in [0.1, 0.15) is 65.9 Å². The molecule has 352 valence electrons. The largest absolute Gasteiger partial charge is 0.497 e. The summed E-state index contributed by atoms with van der Waals surface area (Å²) in [4.78, 5) is 94.5. The molecular formula is C42H52N11O11S2+. The maximum Gasteiger partial charge on any atom is 0.414 e. The molecule has 2 aliphatic rings. The molecule has 3 aromatic heterocycles. The van der Waals surface area contributed by atoms with Gasteiger partial charge in [-0.25, -0.2) is 19.0 Å². The molecule has 5 heterocycles.